The third-order valence-corrected chi connectivity index (χ3v) is 8.30. The zero-order valence-corrected chi connectivity index (χ0v) is 26.3. The Hall–Kier alpha value is -3.80. The van der Waals surface area contributed by atoms with Crippen molar-refractivity contribution in [2.45, 2.75) is 20.8 Å². The van der Waals surface area contributed by atoms with Crippen molar-refractivity contribution in [3.05, 3.63) is 85.2 Å². The summed E-state index contributed by atoms with van der Waals surface area (Å²) < 4.78 is 11.9. The Morgan fingerprint density at radius 3 is 2.40 bits per heavy atom. The Labute approximate surface area is 260 Å². The lowest BCUT2D eigenvalue weighted by Gasteiger charge is -2.13. The van der Waals surface area contributed by atoms with Crippen molar-refractivity contribution >= 4 is 79.7 Å². The number of hydrogen-bond donors (Lipinski definition) is 2. The molecule has 0 spiro atoms. The zero-order valence-electron chi connectivity index (χ0n) is 23.2. The van der Waals surface area contributed by atoms with Gasteiger partial charge in [-0.15, -0.1) is 0 Å². The fourth-order valence-electron chi connectivity index (χ4n) is 3.90. The molecule has 42 heavy (non-hydrogen) atoms. The zero-order chi connectivity index (χ0) is 30.6. The number of benzene rings is 3. The first-order valence-corrected chi connectivity index (χ1v) is 14.6. The van der Waals surface area contributed by atoms with E-state index in [9.17, 15) is 19.2 Å². The molecular formula is C30H27BrClN3O6S. The Kier molecular flexibility index (Phi) is 9.97. The van der Waals surface area contributed by atoms with Crippen LogP contribution >= 0.6 is 39.3 Å². The number of rotatable bonds is 9. The van der Waals surface area contributed by atoms with E-state index in [0.717, 1.165) is 37.8 Å². The highest BCUT2D eigenvalue weighted by atomic mass is 79.9. The van der Waals surface area contributed by atoms with E-state index in [1.54, 1.807) is 36.4 Å². The molecule has 9 nitrogen and oxygen atoms in total. The third-order valence-electron chi connectivity index (χ3n) is 6.33. The molecule has 1 saturated heterocycles. The highest BCUT2D eigenvalue weighted by molar-refractivity contribution is 9.10. The van der Waals surface area contributed by atoms with E-state index in [1.807, 2.05) is 32.9 Å². The van der Waals surface area contributed by atoms with Gasteiger partial charge in [0, 0.05) is 15.2 Å². The summed E-state index contributed by atoms with van der Waals surface area (Å²) in [6.07, 6.45) is 1.53. The van der Waals surface area contributed by atoms with Crippen LogP contribution in [-0.4, -0.2) is 48.1 Å². The van der Waals surface area contributed by atoms with Crippen LogP contribution in [-0.2, 0) is 14.4 Å². The van der Waals surface area contributed by atoms with Gasteiger partial charge < -0.3 is 20.1 Å². The summed E-state index contributed by atoms with van der Waals surface area (Å²) in [5.74, 6) is -0.816. The summed E-state index contributed by atoms with van der Waals surface area (Å²) in [7, 11) is 1.45. The molecule has 0 bridgehead atoms. The molecule has 0 aromatic heterocycles. The molecule has 0 unspecified atom stereocenters. The largest absolute Gasteiger partial charge is 0.493 e. The number of ether oxygens (including phenoxy) is 2. The fraction of sp³-hybridized carbons (Fsp3) is 0.200. The number of anilines is 2. The molecule has 0 aliphatic carbocycles. The van der Waals surface area contributed by atoms with E-state index in [0.29, 0.717) is 33.5 Å². The molecule has 12 heteroatoms. The monoisotopic (exact) mass is 671 g/mol. The number of halogens is 2. The van der Waals surface area contributed by atoms with Gasteiger partial charge in [0.2, 0.25) is 5.91 Å². The molecule has 4 amide bonds. The highest BCUT2D eigenvalue weighted by Crippen LogP contribution is 2.35. The Balaban J connectivity index is 1.38. The number of methoxy groups -OCH3 is 1. The number of nitrogens with one attached hydrogen (secondary N) is 2. The summed E-state index contributed by atoms with van der Waals surface area (Å²) in [6.45, 7) is 5.08. The van der Waals surface area contributed by atoms with E-state index in [4.69, 9.17) is 21.1 Å². The summed E-state index contributed by atoms with van der Waals surface area (Å²) in [5, 5.41) is 5.39. The molecule has 1 aliphatic heterocycles. The second-order valence-corrected chi connectivity index (χ2v) is 11.7. The van der Waals surface area contributed by atoms with Gasteiger partial charge in [-0.05, 0) is 113 Å². The summed E-state index contributed by atoms with van der Waals surface area (Å²) in [4.78, 5) is 51.5. The number of amides is 4. The Morgan fingerprint density at radius 1 is 0.952 bits per heavy atom. The van der Waals surface area contributed by atoms with Gasteiger partial charge in [-0.1, -0.05) is 23.7 Å². The minimum Gasteiger partial charge on any atom is -0.493 e. The van der Waals surface area contributed by atoms with Crippen molar-refractivity contribution in [3.63, 3.8) is 0 Å². The van der Waals surface area contributed by atoms with Crippen LogP contribution in [0.3, 0.4) is 0 Å². The van der Waals surface area contributed by atoms with Crippen LogP contribution < -0.4 is 20.1 Å². The van der Waals surface area contributed by atoms with Crippen molar-refractivity contribution in [1.29, 1.82) is 0 Å². The second-order valence-electron chi connectivity index (χ2n) is 9.44. The molecule has 0 atom stereocenters. The number of thioether (sulfide) groups is 1. The Morgan fingerprint density at radius 2 is 1.69 bits per heavy atom. The number of imide groups is 1. The normalized spacial score (nSPS) is 13.9. The predicted octanol–water partition coefficient (Wildman–Crippen LogP) is 6.73. The van der Waals surface area contributed by atoms with Gasteiger partial charge in [-0.25, -0.2) is 0 Å². The van der Waals surface area contributed by atoms with Gasteiger partial charge in [0.05, 0.1) is 17.7 Å². The van der Waals surface area contributed by atoms with Crippen molar-refractivity contribution < 1.29 is 28.7 Å². The van der Waals surface area contributed by atoms with Crippen LogP contribution in [0.5, 0.6) is 11.5 Å². The molecule has 218 valence electrons. The fourth-order valence-corrected chi connectivity index (χ4v) is 5.48. The summed E-state index contributed by atoms with van der Waals surface area (Å²) in [6, 6.07) is 13.7. The predicted molar refractivity (Wildman–Crippen MR) is 168 cm³/mol. The first kappa shape index (κ1) is 31.1. The molecule has 3 aromatic carbocycles. The SMILES string of the molecule is COc1cc(/C=C2/SC(=O)N(CC(=O)Nc3ccc(C)c(Cl)c3)C2=O)ccc1OCC(=O)Nc1cc(C)c(C)cc1Br. The van der Waals surface area contributed by atoms with Crippen LogP contribution in [0.2, 0.25) is 5.02 Å². The lowest BCUT2D eigenvalue weighted by Crippen LogP contribution is -2.36. The third kappa shape index (κ3) is 7.53. The van der Waals surface area contributed by atoms with E-state index in [2.05, 4.69) is 26.6 Å². The van der Waals surface area contributed by atoms with Crippen LogP contribution in [0.4, 0.5) is 16.2 Å². The van der Waals surface area contributed by atoms with Crippen molar-refractivity contribution in [2.75, 3.05) is 30.9 Å². The van der Waals surface area contributed by atoms with Gasteiger partial charge in [0.1, 0.15) is 6.54 Å². The van der Waals surface area contributed by atoms with E-state index in [-0.39, 0.29) is 17.4 Å². The van der Waals surface area contributed by atoms with Crippen LogP contribution in [0.15, 0.2) is 57.9 Å². The van der Waals surface area contributed by atoms with Gasteiger partial charge in [0.25, 0.3) is 17.1 Å². The molecule has 4 rings (SSSR count). The first-order chi connectivity index (χ1) is 19.9. The smallest absolute Gasteiger partial charge is 0.294 e. The maximum absolute atomic E-state index is 12.9. The molecule has 1 aliphatic rings. The minimum absolute atomic E-state index is 0.153. The summed E-state index contributed by atoms with van der Waals surface area (Å²) >= 11 is 10.3. The Bertz CT molecular complexity index is 1630. The van der Waals surface area contributed by atoms with Crippen LogP contribution in [0, 0.1) is 20.8 Å². The van der Waals surface area contributed by atoms with Crippen molar-refractivity contribution in [1.82, 2.24) is 4.90 Å². The van der Waals surface area contributed by atoms with E-state index >= 15 is 0 Å². The molecule has 2 N–H and O–H groups in total. The van der Waals surface area contributed by atoms with Gasteiger partial charge >= 0.3 is 0 Å². The second kappa shape index (κ2) is 13.5. The van der Waals surface area contributed by atoms with Gasteiger partial charge in [-0.2, -0.15) is 0 Å². The molecule has 1 fully saturated rings. The van der Waals surface area contributed by atoms with Crippen LogP contribution in [0.25, 0.3) is 6.08 Å². The average Bonchev–Trinajstić information content (AvgIpc) is 3.20. The van der Waals surface area contributed by atoms with Crippen molar-refractivity contribution in [2.24, 2.45) is 0 Å². The standard InChI is InChI=1S/C30H27BrClN3O6S/c1-16-5-7-20(13-22(16)32)33-27(36)14-35-29(38)26(42-30(35)39)12-19-6-8-24(25(11-19)40-4)41-15-28(37)34-23-10-18(3)17(2)9-21(23)31/h5-13H,14-15H2,1-4H3,(H,33,36)(H,34,37)/b26-12+. The quantitative estimate of drug-likeness (QED) is 0.242. The first-order valence-electron chi connectivity index (χ1n) is 12.6. The van der Waals surface area contributed by atoms with Gasteiger partial charge in [-0.3, -0.25) is 24.1 Å². The van der Waals surface area contributed by atoms with E-state index in [1.165, 1.54) is 13.2 Å². The molecule has 0 saturated carbocycles. The molecule has 0 radical (unpaired) electrons. The number of hydrogen-bond acceptors (Lipinski definition) is 7. The maximum Gasteiger partial charge on any atom is 0.294 e. The maximum atomic E-state index is 12.9. The van der Waals surface area contributed by atoms with Crippen LogP contribution in [0.1, 0.15) is 22.3 Å². The minimum atomic E-state index is -0.587. The highest BCUT2D eigenvalue weighted by Gasteiger charge is 2.36. The topological polar surface area (TPSA) is 114 Å². The molecule has 1 heterocycles. The lowest BCUT2D eigenvalue weighted by atomic mass is 10.1. The van der Waals surface area contributed by atoms with Gasteiger partial charge in [0.15, 0.2) is 18.1 Å². The lowest BCUT2D eigenvalue weighted by molar-refractivity contribution is -0.127. The molecule has 3 aromatic rings. The number of carbonyl (C=O) groups is 4. The number of nitrogens with zero attached hydrogens (tertiary/aromatic N) is 1. The van der Waals surface area contributed by atoms with E-state index < -0.39 is 23.6 Å². The molecular weight excluding hydrogens is 646 g/mol. The number of carbonyl (C=O) groups excluding carboxylic acids is 4. The summed E-state index contributed by atoms with van der Waals surface area (Å²) in [5.41, 5.74) is 4.66. The average molecular weight is 673 g/mol. The number of aryl methyl sites for hydroxylation is 3. The van der Waals surface area contributed by atoms with Crippen molar-refractivity contribution in [3.8, 4) is 11.5 Å².